The first-order chi connectivity index (χ1) is 34.8. The van der Waals surface area contributed by atoms with E-state index in [1.807, 2.05) is 19.9 Å². The summed E-state index contributed by atoms with van der Waals surface area (Å²) in [6.45, 7) is 14.0. The van der Waals surface area contributed by atoms with Crippen LogP contribution >= 0.6 is 0 Å². The Kier molecular flexibility index (Phi) is 12.3. The normalized spacial score (nSPS) is 29.7. The van der Waals surface area contributed by atoms with Crippen molar-refractivity contribution in [2.75, 3.05) is 13.6 Å². The van der Waals surface area contributed by atoms with Crippen molar-refractivity contribution in [2.45, 2.75) is 107 Å². The number of para-hydroxylation sites is 1. The number of hydrogen-bond acceptors (Lipinski definition) is 12. The van der Waals surface area contributed by atoms with E-state index in [1.165, 1.54) is 58.9 Å². The number of ketones is 2. The van der Waals surface area contributed by atoms with Crippen molar-refractivity contribution in [3.05, 3.63) is 155 Å². The number of nitrogens with zero attached hydrogens (tertiary/aromatic N) is 2. The molecule has 3 N–H and O–H groups in total. The average Bonchev–Trinajstić information content (AvgIpc) is 3.55. The van der Waals surface area contributed by atoms with Gasteiger partial charge < -0.3 is 28.5 Å². The maximum atomic E-state index is 14.3. The quantitative estimate of drug-likeness (QED) is 0.0803. The number of ether oxygens (including phenoxy) is 2. The van der Waals surface area contributed by atoms with Gasteiger partial charge in [0.15, 0.2) is 11.5 Å². The van der Waals surface area contributed by atoms with E-state index in [-0.39, 0.29) is 34.3 Å². The van der Waals surface area contributed by atoms with E-state index < -0.39 is 81.1 Å². The van der Waals surface area contributed by atoms with Gasteiger partial charge in [-0.2, -0.15) is 16.8 Å². The lowest BCUT2D eigenvalue weighted by atomic mass is 9.38. The maximum absolute atomic E-state index is 14.3. The van der Waals surface area contributed by atoms with Crippen LogP contribution in [0.1, 0.15) is 82.7 Å². The number of furan rings is 1. The van der Waals surface area contributed by atoms with Crippen LogP contribution in [0.2, 0.25) is 0 Å². The predicted molar refractivity (Wildman–Crippen MR) is 275 cm³/mol. The van der Waals surface area contributed by atoms with Crippen LogP contribution in [0.15, 0.2) is 147 Å². The molecule has 6 aliphatic rings. The van der Waals surface area contributed by atoms with Crippen molar-refractivity contribution in [1.82, 2.24) is 9.47 Å². The molecule has 15 nitrogen and oxygen atoms in total. The fourth-order valence-corrected chi connectivity index (χ4v) is 15.8. The molecule has 3 fully saturated rings. The Morgan fingerprint density at radius 3 is 2.05 bits per heavy atom. The summed E-state index contributed by atoms with van der Waals surface area (Å²) in [4.78, 5) is 41.2. The van der Waals surface area contributed by atoms with Crippen LogP contribution in [-0.4, -0.2) is 89.5 Å². The fourth-order valence-electron chi connectivity index (χ4n) is 14.4. The van der Waals surface area contributed by atoms with E-state index in [9.17, 15) is 36.3 Å². The molecule has 4 aromatic carbocycles. The molecule has 0 amide bonds. The van der Waals surface area contributed by atoms with Crippen LogP contribution < -0.4 is 0 Å². The molecular formula is C57H60N2O13S2. The topological polar surface area (TPSA) is 223 Å². The second kappa shape index (κ2) is 17.7. The Labute approximate surface area is 430 Å². The maximum Gasteiger partial charge on any atom is 0.302 e. The summed E-state index contributed by atoms with van der Waals surface area (Å²) in [5.74, 6) is -1.84. The molecule has 6 aromatic rings. The number of benzene rings is 4. The smallest absolute Gasteiger partial charge is 0.302 e. The minimum atomic E-state index is -4.47. The molecule has 0 bridgehead atoms. The fraction of sp³-hybridized carbons (Fsp3) is 0.386. The number of rotatable bonds is 6. The van der Waals surface area contributed by atoms with Gasteiger partial charge >= 0.3 is 5.97 Å². The van der Waals surface area contributed by atoms with Crippen molar-refractivity contribution >= 4 is 59.4 Å². The first kappa shape index (κ1) is 51.3. The van der Waals surface area contributed by atoms with Crippen molar-refractivity contribution < 1.29 is 59.3 Å². The van der Waals surface area contributed by atoms with E-state index in [0.717, 1.165) is 43.8 Å². The third-order valence-corrected chi connectivity index (χ3v) is 19.1. The highest BCUT2D eigenvalue weighted by molar-refractivity contribution is 7.86. The Hall–Kier alpha value is -6.21. The lowest BCUT2D eigenvalue weighted by Gasteiger charge is -2.64. The van der Waals surface area contributed by atoms with Crippen LogP contribution in [0.25, 0.3) is 21.7 Å². The Morgan fingerprint density at radius 2 is 1.45 bits per heavy atom. The molecule has 388 valence electrons. The molecule has 12 rings (SSSR count). The van der Waals surface area contributed by atoms with Gasteiger partial charge in [-0.3, -0.25) is 23.5 Å². The van der Waals surface area contributed by atoms with Gasteiger partial charge in [-0.05, 0) is 99.2 Å². The van der Waals surface area contributed by atoms with Gasteiger partial charge in [0.25, 0.3) is 20.2 Å². The van der Waals surface area contributed by atoms with Crippen molar-refractivity contribution in [1.29, 1.82) is 0 Å². The van der Waals surface area contributed by atoms with E-state index >= 15 is 0 Å². The SMILES string of the molecule is CC(=O)OC1CC2(C)C(c3ccoc3)CC3OC32C2(C)C(=O)C(O)=C3C(C)(C)C(=O)C=CC3(C)C12.CN1CCc2c(c3ccccc3n2Cc2ccccc2)C1.O=S(=O)(O)c1cccc2c(S(=O)(=O)O)cccc12. The molecule has 1 spiro atoms. The Balaban J connectivity index is 0.000000137. The zero-order valence-electron chi connectivity index (χ0n) is 42.2. The van der Waals surface area contributed by atoms with Crippen LogP contribution in [0.5, 0.6) is 0 Å². The Bertz CT molecular complexity index is 3510. The van der Waals surface area contributed by atoms with Crippen LogP contribution in [0.3, 0.4) is 0 Å². The monoisotopic (exact) mass is 1040 g/mol. The zero-order valence-corrected chi connectivity index (χ0v) is 43.9. The van der Waals surface area contributed by atoms with Gasteiger partial charge in [-0.1, -0.05) is 92.7 Å². The van der Waals surface area contributed by atoms with Crippen LogP contribution in [-0.2, 0) is 63.6 Å². The number of likely N-dealkylation sites (N-methyl/N-ethyl adjacent to an activating group) is 1. The van der Waals surface area contributed by atoms with E-state index in [0.29, 0.717) is 18.4 Å². The molecule has 2 aromatic heterocycles. The number of esters is 1. The highest BCUT2D eigenvalue weighted by Crippen LogP contribution is 2.81. The van der Waals surface area contributed by atoms with Crippen molar-refractivity contribution in [3.8, 4) is 0 Å². The number of Topliss-reactive ketones (excluding diaryl/α,β-unsaturated/α-hetero) is 1. The van der Waals surface area contributed by atoms with E-state index in [4.69, 9.17) is 23.0 Å². The summed E-state index contributed by atoms with van der Waals surface area (Å²) >= 11 is 0. The summed E-state index contributed by atoms with van der Waals surface area (Å²) < 4.78 is 83.1. The summed E-state index contributed by atoms with van der Waals surface area (Å²) in [7, 11) is -6.72. The number of hydrogen-bond donors (Lipinski definition) is 3. The number of carbonyl (C=O) groups is 3. The highest BCUT2D eigenvalue weighted by atomic mass is 32.2. The summed E-state index contributed by atoms with van der Waals surface area (Å²) in [5.41, 5.74) is 2.74. The first-order valence-electron chi connectivity index (χ1n) is 24.7. The van der Waals surface area contributed by atoms with Crippen LogP contribution in [0.4, 0.5) is 0 Å². The number of aromatic nitrogens is 1. The molecule has 4 heterocycles. The van der Waals surface area contributed by atoms with Crippen LogP contribution in [0, 0.1) is 27.6 Å². The molecule has 8 atom stereocenters. The highest BCUT2D eigenvalue weighted by Gasteiger charge is 2.89. The molecule has 2 saturated carbocycles. The lowest BCUT2D eigenvalue weighted by Crippen LogP contribution is -2.70. The number of fused-ring (bicyclic) bond motifs is 7. The minimum absolute atomic E-state index is 0.0233. The Morgan fingerprint density at radius 1 is 0.824 bits per heavy atom. The average molecular weight is 1050 g/mol. The standard InChI is InChI=1S/C28H32O7.C19H20N2.C10H8O6S2/c1-14(29)34-17-12-26(5)16(15-8-10-33-13-15)11-19-28(26,35-19)27(6)21(17)25(4)9-7-18(30)24(2,3)22(25)20(31)23(27)32;1-20-12-11-19-17(14-20)16-9-5-6-10-18(16)21(19)13-15-7-3-2-4-8-15;11-17(12,13)9-5-1-3-7-8(9)4-2-6-10(7)18(14,15)16/h7-10,13,16-17,19,21,31H,11-12H2,1-6H3;2-10H,11-14H2,1H3;1-6H,(H,11,12,13)(H,14,15,16). The van der Waals surface area contributed by atoms with Gasteiger partial charge in [0.05, 0.1) is 29.5 Å². The lowest BCUT2D eigenvalue weighted by molar-refractivity contribution is -0.200. The number of allylic oxidation sites excluding steroid dienone is 4. The molecule has 2 aliphatic heterocycles. The summed E-state index contributed by atoms with van der Waals surface area (Å²) in [6.07, 6.45) is 8.32. The van der Waals surface area contributed by atoms with Crippen molar-refractivity contribution in [3.63, 3.8) is 0 Å². The van der Waals surface area contributed by atoms with Gasteiger partial charge in [-0.15, -0.1) is 0 Å². The molecule has 74 heavy (non-hydrogen) atoms. The third kappa shape index (κ3) is 7.75. The first-order valence-corrected chi connectivity index (χ1v) is 27.6. The molecule has 8 unspecified atom stereocenters. The number of aliphatic hydroxyl groups is 1. The van der Waals surface area contributed by atoms with Gasteiger partial charge in [-0.25, -0.2) is 0 Å². The van der Waals surface area contributed by atoms with E-state index in [1.54, 1.807) is 38.5 Å². The molecule has 17 heteroatoms. The largest absolute Gasteiger partial charge is 0.504 e. The third-order valence-electron chi connectivity index (χ3n) is 17.3. The summed E-state index contributed by atoms with van der Waals surface area (Å²) in [6, 6.07) is 29.1. The van der Waals surface area contributed by atoms with E-state index in [2.05, 4.69) is 78.0 Å². The second-order valence-corrected chi connectivity index (χ2v) is 24.6. The number of carbonyl (C=O) groups excluding carboxylic acids is 3. The summed E-state index contributed by atoms with van der Waals surface area (Å²) in [5, 5.41) is 13.0. The second-order valence-electron chi connectivity index (χ2n) is 21.9. The molecule has 4 aliphatic carbocycles. The van der Waals surface area contributed by atoms with Gasteiger partial charge in [0.1, 0.15) is 21.5 Å². The minimum Gasteiger partial charge on any atom is -0.504 e. The molecule has 1 saturated heterocycles. The van der Waals surface area contributed by atoms with Gasteiger partial charge in [0, 0.05) is 77.1 Å². The predicted octanol–water partition coefficient (Wildman–Crippen LogP) is 9.45. The number of epoxide rings is 1. The van der Waals surface area contributed by atoms with Crippen molar-refractivity contribution in [2.24, 2.45) is 27.6 Å². The zero-order chi connectivity index (χ0) is 53.1. The number of aliphatic hydroxyl groups excluding tert-OH is 1. The van der Waals surface area contributed by atoms with Gasteiger partial charge in [0.2, 0.25) is 5.78 Å². The molecule has 0 radical (unpaired) electrons. The molecular weight excluding hydrogens is 985 g/mol.